The molecule has 0 aliphatic carbocycles. The Balaban J connectivity index is 2.02. The van der Waals surface area contributed by atoms with Crippen LogP contribution < -0.4 is 15.8 Å². The molecule has 5 heteroatoms. The zero-order valence-electron chi connectivity index (χ0n) is 12.5. The molecular weight excluding hydrogens is 280 g/mol. The van der Waals surface area contributed by atoms with Gasteiger partial charge in [0.15, 0.2) is 6.10 Å². The van der Waals surface area contributed by atoms with Crippen molar-refractivity contribution >= 4 is 17.5 Å². The number of hydrogen-bond donors (Lipinski definition) is 2. The van der Waals surface area contributed by atoms with E-state index in [0.29, 0.717) is 17.0 Å². The molecule has 0 radical (unpaired) electrons. The largest absolute Gasteiger partial charge is 0.481 e. The van der Waals surface area contributed by atoms with Gasteiger partial charge < -0.3 is 15.8 Å². The summed E-state index contributed by atoms with van der Waals surface area (Å²) in [5.41, 5.74) is 7.11. The third-order valence-corrected chi connectivity index (χ3v) is 3.09. The monoisotopic (exact) mass is 298 g/mol. The molecule has 114 valence electrons. The van der Waals surface area contributed by atoms with Crippen molar-refractivity contribution in [3.8, 4) is 5.75 Å². The summed E-state index contributed by atoms with van der Waals surface area (Å²) in [6, 6.07) is 13.9. The van der Waals surface area contributed by atoms with E-state index in [1.54, 1.807) is 31.2 Å². The third kappa shape index (κ3) is 4.09. The predicted molar refractivity (Wildman–Crippen MR) is 84.9 cm³/mol. The molecule has 0 heterocycles. The lowest BCUT2D eigenvalue weighted by Crippen LogP contribution is -2.30. The average molecular weight is 298 g/mol. The molecule has 0 fully saturated rings. The zero-order valence-corrected chi connectivity index (χ0v) is 12.5. The molecule has 1 atom stereocenters. The van der Waals surface area contributed by atoms with Crippen molar-refractivity contribution in [2.75, 3.05) is 5.32 Å². The van der Waals surface area contributed by atoms with Crippen molar-refractivity contribution in [2.45, 2.75) is 20.0 Å². The average Bonchev–Trinajstić information content (AvgIpc) is 2.47. The minimum absolute atomic E-state index is 0.303. The molecular formula is C17H18N2O3. The van der Waals surface area contributed by atoms with Crippen molar-refractivity contribution in [2.24, 2.45) is 5.73 Å². The molecule has 0 unspecified atom stereocenters. The number of anilines is 1. The summed E-state index contributed by atoms with van der Waals surface area (Å²) in [6.45, 7) is 3.61. The molecule has 2 amide bonds. The predicted octanol–water partition coefficient (Wildman–Crippen LogP) is 2.50. The van der Waals surface area contributed by atoms with E-state index >= 15 is 0 Å². The van der Waals surface area contributed by atoms with Gasteiger partial charge in [-0.3, -0.25) is 9.59 Å². The van der Waals surface area contributed by atoms with Crippen LogP contribution in [0, 0.1) is 6.92 Å². The van der Waals surface area contributed by atoms with Crippen LogP contribution in [0.25, 0.3) is 0 Å². The summed E-state index contributed by atoms with van der Waals surface area (Å²) in [5.74, 6) is -0.211. The summed E-state index contributed by atoms with van der Waals surface area (Å²) >= 11 is 0. The number of nitrogens with two attached hydrogens (primary N) is 1. The highest BCUT2D eigenvalue weighted by atomic mass is 16.5. The van der Waals surface area contributed by atoms with Crippen LogP contribution in [0.1, 0.15) is 22.8 Å². The summed E-state index contributed by atoms with van der Waals surface area (Å²) in [6.07, 6.45) is -0.668. The number of benzene rings is 2. The fraction of sp³-hybridized carbons (Fsp3) is 0.176. The summed E-state index contributed by atoms with van der Waals surface area (Å²) in [7, 11) is 0. The molecule has 0 saturated carbocycles. The lowest BCUT2D eigenvalue weighted by atomic mass is 10.2. The molecule has 0 saturated heterocycles. The lowest BCUT2D eigenvalue weighted by molar-refractivity contribution is -0.122. The van der Waals surface area contributed by atoms with Gasteiger partial charge in [-0.2, -0.15) is 0 Å². The highest BCUT2D eigenvalue weighted by Crippen LogP contribution is 2.16. The Bertz CT molecular complexity index is 698. The Hall–Kier alpha value is -2.82. The Morgan fingerprint density at radius 2 is 1.86 bits per heavy atom. The van der Waals surface area contributed by atoms with Gasteiger partial charge in [0.2, 0.25) is 5.91 Å². The van der Waals surface area contributed by atoms with E-state index in [1.165, 1.54) is 6.07 Å². The highest BCUT2D eigenvalue weighted by molar-refractivity contribution is 5.97. The maximum Gasteiger partial charge on any atom is 0.265 e. The molecule has 0 aliphatic heterocycles. The van der Waals surface area contributed by atoms with Crippen LogP contribution >= 0.6 is 0 Å². The molecule has 2 aromatic carbocycles. The number of rotatable bonds is 5. The minimum atomic E-state index is -0.668. The molecule has 0 aromatic heterocycles. The molecule has 0 aliphatic rings. The van der Waals surface area contributed by atoms with Crippen LogP contribution in [0.15, 0.2) is 48.5 Å². The second-order valence-electron chi connectivity index (χ2n) is 5.01. The van der Waals surface area contributed by atoms with Crippen LogP contribution in [0.3, 0.4) is 0 Å². The number of primary amides is 1. The number of amides is 2. The van der Waals surface area contributed by atoms with E-state index in [4.69, 9.17) is 10.5 Å². The van der Waals surface area contributed by atoms with E-state index in [1.807, 2.05) is 25.1 Å². The van der Waals surface area contributed by atoms with Gasteiger partial charge in [-0.15, -0.1) is 0 Å². The quantitative estimate of drug-likeness (QED) is 0.889. The van der Waals surface area contributed by atoms with Crippen molar-refractivity contribution in [1.29, 1.82) is 0 Å². The maximum absolute atomic E-state index is 12.1. The van der Waals surface area contributed by atoms with Crippen molar-refractivity contribution < 1.29 is 14.3 Å². The van der Waals surface area contributed by atoms with Gasteiger partial charge in [-0.1, -0.05) is 18.2 Å². The lowest BCUT2D eigenvalue weighted by Gasteiger charge is -2.15. The fourth-order valence-electron chi connectivity index (χ4n) is 1.94. The van der Waals surface area contributed by atoms with Crippen molar-refractivity contribution in [3.63, 3.8) is 0 Å². The SMILES string of the molecule is Cc1cccc(O[C@@H](C)C(=O)Nc2cccc(C(N)=O)c2)c1. The molecule has 2 rings (SSSR count). The van der Waals surface area contributed by atoms with E-state index in [-0.39, 0.29) is 5.91 Å². The van der Waals surface area contributed by atoms with Crippen LogP contribution in [-0.2, 0) is 4.79 Å². The topological polar surface area (TPSA) is 81.4 Å². The normalized spacial score (nSPS) is 11.5. The van der Waals surface area contributed by atoms with Gasteiger partial charge in [0.25, 0.3) is 5.91 Å². The number of carbonyl (C=O) groups is 2. The first-order valence-corrected chi connectivity index (χ1v) is 6.90. The summed E-state index contributed by atoms with van der Waals surface area (Å²) < 4.78 is 5.60. The van der Waals surface area contributed by atoms with Crippen LogP contribution in [0.4, 0.5) is 5.69 Å². The first-order valence-electron chi connectivity index (χ1n) is 6.90. The van der Waals surface area contributed by atoms with Crippen molar-refractivity contribution in [1.82, 2.24) is 0 Å². The number of nitrogens with one attached hydrogen (secondary N) is 1. The fourth-order valence-corrected chi connectivity index (χ4v) is 1.94. The van der Waals surface area contributed by atoms with E-state index in [9.17, 15) is 9.59 Å². The highest BCUT2D eigenvalue weighted by Gasteiger charge is 2.15. The Morgan fingerprint density at radius 1 is 1.14 bits per heavy atom. The molecule has 3 N–H and O–H groups in total. The van der Waals surface area contributed by atoms with Gasteiger partial charge in [-0.05, 0) is 49.7 Å². The zero-order chi connectivity index (χ0) is 16.1. The second-order valence-corrected chi connectivity index (χ2v) is 5.01. The molecule has 22 heavy (non-hydrogen) atoms. The van der Waals surface area contributed by atoms with Crippen molar-refractivity contribution in [3.05, 3.63) is 59.7 Å². The summed E-state index contributed by atoms with van der Waals surface area (Å²) in [4.78, 5) is 23.3. The Labute approximate surface area is 129 Å². The Kier molecular flexibility index (Phi) is 4.78. The number of aryl methyl sites for hydroxylation is 1. The maximum atomic E-state index is 12.1. The number of hydrogen-bond acceptors (Lipinski definition) is 3. The number of ether oxygens (including phenoxy) is 1. The van der Waals surface area contributed by atoms with Gasteiger partial charge in [0.1, 0.15) is 5.75 Å². The van der Waals surface area contributed by atoms with Gasteiger partial charge >= 0.3 is 0 Å². The van der Waals surface area contributed by atoms with E-state index < -0.39 is 12.0 Å². The standard InChI is InChI=1S/C17H18N2O3/c1-11-5-3-8-15(9-11)22-12(2)17(21)19-14-7-4-6-13(10-14)16(18)20/h3-10,12H,1-2H3,(H2,18,20)(H,19,21)/t12-/m0/s1. The van der Waals surface area contributed by atoms with Crippen LogP contribution in [-0.4, -0.2) is 17.9 Å². The smallest absolute Gasteiger partial charge is 0.265 e. The summed E-state index contributed by atoms with van der Waals surface area (Å²) in [5, 5.41) is 2.70. The first-order chi connectivity index (χ1) is 10.5. The molecule has 0 bridgehead atoms. The first kappa shape index (κ1) is 15.6. The molecule has 0 spiro atoms. The third-order valence-electron chi connectivity index (χ3n) is 3.09. The van der Waals surface area contributed by atoms with Crippen LogP contribution in [0.5, 0.6) is 5.75 Å². The number of carbonyl (C=O) groups excluding carboxylic acids is 2. The molecule has 5 nitrogen and oxygen atoms in total. The Morgan fingerprint density at radius 3 is 2.55 bits per heavy atom. The molecule has 2 aromatic rings. The van der Waals surface area contributed by atoms with Gasteiger partial charge in [0.05, 0.1) is 0 Å². The van der Waals surface area contributed by atoms with E-state index in [0.717, 1.165) is 5.56 Å². The van der Waals surface area contributed by atoms with E-state index in [2.05, 4.69) is 5.32 Å². The van der Waals surface area contributed by atoms with Crippen LogP contribution in [0.2, 0.25) is 0 Å². The van der Waals surface area contributed by atoms with Gasteiger partial charge in [0, 0.05) is 11.3 Å². The second kappa shape index (κ2) is 6.76. The van der Waals surface area contributed by atoms with Gasteiger partial charge in [-0.25, -0.2) is 0 Å². The minimum Gasteiger partial charge on any atom is -0.481 e.